The van der Waals surface area contributed by atoms with Crippen molar-refractivity contribution in [1.82, 2.24) is 0 Å². The fraction of sp³-hybridized carbons (Fsp3) is 0.889. The highest BCUT2D eigenvalue weighted by molar-refractivity contribution is 5.81. The zero-order chi connectivity index (χ0) is 9.68. The Morgan fingerprint density at radius 2 is 2.23 bits per heavy atom. The number of rotatable bonds is 4. The minimum absolute atomic E-state index is 0.00519. The fourth-order valence-electron chi connectivity index (χ4n) is 1.52. The van der Waals surface area contributed by atoms with Crippen LogP contribution in [0.15, 0.2) is 5.16 Å². The van der Waals surface area contributed by atoms with Crippen molar-refractivity contribution in [2.24, 2.45) is 16.8 Å². The van der Waals surface area contributed by atoms with Crippen LogP contribution in [0.3, 0.4) is 0 Å². The van der Waals surface area contributed by atoms with Gasteiger partial charge in [0.2, 0.25) is 0 Å². The second kappa shape index (κ2) is 5.07. The zero-order valence-electron chi connectivity index (χ0n) is 8.07. The van der Waals surface area contributed by atoms with E-state index < -0.39 is 0 Å². The number of amidine groups is 1. The van der Waals surface area contributed by atoms with E-state index in [2.05, 4.69) is 5.16 Å². The van der Waals surface area contributed by atoms with Crippen molar-refractivity contribution in [3.05, 3.63) is 0 Å². The lowest BCUT2D eigenvalue weighted by Gasteiger charge is -2.14. The molecule has 1 saturated carbocycles. The van der Waals surface area contributed by atoms with E-state index in [9.17, 15) is 0 Å². The summed E-state index contributed by atoms with van der Waals surface area (Å²) in [5.41, 5.74) is 5.42. The van der Waals surface area contributed by atoms with Crippen molar-refractivity contribution in [3.63, 3.8) is 0 Å². The molecule has 1 rings (SSSR count). The molecular formula is C9H18N2O2. The molecule has 0 heterocycles. The summed E-state index contributed by atoms with van der Waals surface area (Å²) in [4.78, 5) is 0. The summed E-state index contributed by atoms with van der Waals surface area (Å²) in [5.74, 6) is 0.253. The summed E-state index contributed by atoms with van der Waals surface area (Å²) in [6.45, 7) is 2.45. The third-order valence-corrected chi connectivity index (χ3v) is 2.50. The first kappa shape index (κ1) is 10.3. The summed E-state index contributed by atoms with van der Waals surface area (Å²) in [6, 6.07) is 0. The average molecular weight is 186 g/mol. The molecule has 1 aliphatic rings. The van der Waals surface area contributed by atoms with Crippen molar-refractivity contribution in [1.29, 1.82) is 0 Å². The van der Waals surface area contributed by atoms with E-state index in [1.54, 1.807) is 0 Å². The number of ether oxygens (including phenoxy) is 1. The molecule has 1 unspecified atom stereocenters. The first-order valence-corrected chi connectivity index (χ1v) is 4.83. The van der Waals surface area contributed by atoms with Crippen molar-refractivity contribution < 1.29 is 9.94 Å². The molecule has 1 aliphatic carbocycles. The van der Waals surface area contributed by atoms with Crippen LogP contribution in [0.2, 0.25) is 0 Å². The molecule has 1 atom stereocenters. The zero-order valence-corrected chi connectivity index (χ0v) is 8.07. The summed E-state index contributed by atoms with van der Waals surface area (Å²) in [6.07, 6.45) is 5.24. The van der Waals surface area contributed by atoms with Gasteiger partial charge >= 0.3 is 0 Å². The molecule has 0 aromatic rings. The van der Waals surface area contributed by atoms with Gasteiger partial charge in [-0.15, -0.1) is 0 Å². The molecule has 0 radical (unpaired) electrons. The summed E-state index contributed by atoms with van der Waals surface area (Å²) in [7, 11) is 0. The number of hydrogen-bond donors (Lipinski definition) is 2. The van der Waals surface area contributed by atoms with E-state index in [0.29, 0.717) is 12.7 Å². The molecule has 0 aliphatic heterocycles. The Labute approximate surface area is 78.7 Å². The first-order valence-electron chi connectivity index (χ1n) is 4.83. The van der Waals surface area contributed by atoms with Gasteiger partial charge in [-0.2, -0.15) is 0 Å². The number of nitrogens with zero attached hydrogens (tertiary/aromatic N) is 1. The van der Waals surface area contributed by atoms with Crippen LogP contribution in [0.4, 0.5) is 0 Å². The quantitative estimate of drug-likeness (QED) is 0.301. The smallest absolute Gasteiger partial charge is 0.144 e. The Bertz CT molecular complexity index is 176. The van der Waals surface area contributed by atoms with Gasteiger partial charge in [0.1, 0.15) is 5.84 Å². The maximum absolute atomic E-state index is 8.40. The molecule has 0 aromatic carbocycles. The Hall–Kier alpha value is -0.770. The Morgan fingerprint density at radius 1 is 1.62 bits per heavy atom. The lowest BCUT2D eigenvalue weighted by Crippen LogP contribution is -2.26. The van der Waals surface area contributed by atoms with E-state index in [1.165, 1.54) is 12.8 Å². The van der Waals surface area contributed by atoms with Gasteiger partial charge in [0.15, 0.2) is 0 Å². The normalized spacial score (nSPS) is 22.1. The molecule has 3 N–H and O–H groups in total. The second-order valence-corrected chi connectivity index (χ2v) is 3.67. The van der Waals surface area contributed by atoms with Crippen LogP contribution in [-0.2, 0) is 4.74 Å². The van der Waals surface area contributed by atoms with Crippen molar-refractivity contribution in [3.8, 4) is 0 Å². The van der Waals surface area contributed by atoms with Crippen LogP contribution >= 0.6 is 0 Å². The highest BCUT2D eigenvalue weighted by atomic mass is 16.5. The van der Waals surface area contributed by atoms with Crippen molar-refractivity contribution in [2.75, 3.05) is 6.61 Å². The van der Waals surface area contributed by atoms with Crippen LogP contribution in [0, 0.1) is 5.92 Å². The number of oxime groups is 1. The van der Waals surface area contributed by atoms with Crippen LogP contribution in [0.1, 0.15) is 32.6 Å². The molecule has 1 fully saturated rings. The second-order valence-electron chi connectivity index (χ2n) is 3.67. The van der Waals surface area contributed by atoms with Crippen LogP contribution < -0.4 is 5.73 Å². The largest absolute Gasteiger partial charge is 0.409 e. The van der Waals surface area contributed by atoms with Crippen molar-refractivity contribution >= 4 is 5.84 Å². The van der Waals surface area contributed by atoms with E-state index >= 15 is 0 Å². The molecule has 0 spiro atoms. The molecule has 13 heavy (non-hydrogen) atoms. The molecule has 4 heteroatoms. The van der Waals surface area contributed by atoms with Gasteiger partial charge in [-0.25, -0.2) is 0 Å². The van der Waals surface area contributed by atoms with Crippen LogP contribution in [-0.4, -0.2) is 23.8 Å². The average Bonchev–Trinajstić information content (AvgIpc) is 2.65. The topological polar surface area (TPSA) is 67.8 Å². The molecule has 4 nitrogen and oxygen atoms in total. The first-order chi connectivity index (χ1) is 6.24. The van der Waals surface area contributed by atoms with E-state index in [-0.39, 0.29) is 11.8 Å². The Kier molecular flexibility index (Phi) is 4.02. The summed E-state index contributed by atoms with van der Waals surface area (Å²) >= 11 is 0. The monoisotopic (exact) mass is 186 g/mol. The van der Waals surface area contributed by atoms with Gasteiger partial charge in [0, 0.05) is 5.92 Å². The predicted molar refractivity (Wildman–Crippen MR) is 50.8 cm³/mol. The van der Waals surface area contributed by atoms with Crippen LogP contribution in [0.25, 0.3) is 0 Å². The maximum Gasteiger partial charge on any atom is 0.144 e. The lowest BCUT2D eigenvalue weighted by molar-refractivity contribution is 0.0480. The van der Waals surface area contributed by atoms with Gasteiger partial charge in [0.25, 0.3) is 0 Å². The van der Waals surface area contributed by atoms with E-state index in [4.69, 9.17) is 15.7 Å². The van der Waals surface area contributed by atoms with Gasteiger partial charge in [-0.3, -0.25) is 0 Å². The fourth-order valence-corrected chi connectivity index (χ4v) is 1.52. The summed E-state index contributed by atoms with van der Waals surface area (Å²) < 4.78 is 5.62. The lowest BCUT2D eigenvalue weighted by atomic mass is 10.2. The van der Waals surface area contributed by atoms with Crippen molar-refractivity contribution in [2.45, 2.75) is 38.7 Å². The molecule has 0 saturated heterocycles. The maximum atomic E-state index is 8.40. The minimum atomic E-state index is 0.00519. The number of hydrogen-bond acceptors (Lipinski definition) is 3. The SMILES string of the molecule is CC(COC1CCCC1)/C(N)=N/O. The predicted octanol–water partition coefficient (Wildman–Crippen LogP) is 1.33. The third kappa shape index (κ3) is 3.22. The molecule has 0 aromatic heterocycles. The molecule has 76 valence electrons. The molecular weight excluding hydrogens is 168 g/mol. The van der Waals surface area contributed by atoms with E-state index in [1.807, 2.05) is 6.92 Å². The van der Waals surface area contributed by atoms with E-state index in [0.717, 1.165) is 12.8 Å². The third-order valence-electron chi connectivity index (χ3n) is 2.50. The van der Waals surface area contributed by atoms with Gasteiger partial charge < -0.3 is 15.7 Å². The highest BCUT2D eigenvalue weighted by Crippen LogP contribution is 2.21. The van der Waals surface area contributed by atoms with Gasteiger partial charge in [-0.05, 0) is 12.8 Å². The van der Waals surface area contributed by atoms with Crippen LogP contribution in [0.5, 0.6) is 0 Å². The van der Waals surface area contributed by atoms with Gasteiger partial charge in [0.05, 0.1) is 12.7 Å². The standard InChI is InChI=1S/C9H18N2O2/c1-7(9(10)11-12)6-13-8-4-2-3-5-8/h7-8,12H,2-6H2,1H3,(H2,10,11). The van der Waals surface area contributed by atoms with Gasteiger partial charge in [-0.1, -0.05) is 24.9 Å². The molecule has 0 bridgehead atoms. The number of nitrogens with two attached hydrogens (primary N) is 1. The Balaban J connectivity index is 2.17. The summed E-state index contributed by atoms with van der Waals surface area (Å²) in [5, 5.41) is 11.4. The molecule has 0 amide bonds. The Morgan fingerprint density at radius 3 is 2.77 bits per heavy atom. The minimum Gasteiger partial charge on any atom is -0.409 e. The highest BCUT2D eigenvalue weighted by Gasteiger charge is 2.17.